The Morgan fingerprint density at radius 3 is 2.32 bits per heavy atom. The van der Waals surface area contributed by atoms with E-state index < -0.39 is 18.8 Å². The third-order valence-corrected chi connectivity index (χ3v) is 4.38. The molecule has 2 heterocycles. The molecule has 0 saturated carbocycles. The Labute approximate surface area is 133 Å². The fourth-order valence-corrected chi connectivity index (χ4v) is 2.44. The van der Waals surface area contributed by atoms with E-state index in [2.05, 4.69) is 5.32 Å². The van der Waals surface area contributed by atoms with E-state index >= 15 is 0 Å². The standard InChI is InChI=1S/C16H28BNO4/c1-14(2,3)20-13(19)12-10-11(8-9-18-12)17-21-15(4,5)16(6,7)22-17/h10,12,18H,8-9H2,1-7H3. The van der Waals surface area contributed by atoms with Gasteiger partial charge in [0.05, 0.1) is 11.2 Å². The number of ether oxygens (including phenoxy) is 1. The molecular formula is C16H28BNO4. The largest absolute Gasteiger partial charge is 0.490 e. The molecule has 5 nitrogen and oxygen atoms in total. The molecule has 124 valence electrons. The zero-order chi connectivity index (χ0) is 16.8. The van der Waals surface area contributed by atoms with Crippen LogP contribution in [0.2, 0.25) is 0 Å². The van der Waals surface area contributed by atoms with Crippen LogP contribution in [0.15, 0.2) is 11.5 Å². The van der Waals surface area contributed by atoms with Gasteiger partial charge < -0.3 is 19.4 Å². The normalized spacial score (nSPS) is 27.5. The molecule has 6 heteroatoms. The first kappa shape index (κ1) is 17.5. The molecule has 1 fully saturated rings. The average Bonchev–Trinajstić information content (AvgIpc) is 2.57. The van der Waals surface area contributed by atoms with E-state index in [0.717, 1.165) is 11.9 Å². The highest BCUT2D eigenvalue weighted by Gasteiger charge is 2.52. The third kappa shape index (κ3) is 3.73. The Kier molecular flexibility index (Phi) is 4.50. The Morgan fingerprint density at radius 2 is 1.82 bits per heavy atom. The fraction of sp³-hybridized carbons (Fsp3) is 0.812. The quantitative estimate of drug-likeness (QED) is 0.626. The lowest BCUT2D eigenvalue weighted by Gasteiger charge is -2.32. The van der Waals surface area contributed by atoms with Gasteiger partial charge in [-0.3, -0.25) is 0 Å². The summed E-state index contributed by atoms with van der Waals surface area (Å²) < 4.78 is 17.6. The number of hydrogen-bond donors (Lipinski definition) is 1. The summed E-state index contributed by atoms with van der Waals surface area (Å²) in [5.74, 6) is -0.263. The Bertz CT molecular complexity index is 463. The Hall–Kier alpha value is -0.845. The summed E-state index contributed by atoms with van der Waals surface area (Å²) in [5.41, 5.74) is -0.224. The summed E-state index contributed by atoms with van der Waals surface area (Å²) in [6, 6.07) is -0.443. The predicted molar refractivity (Wildman–Crippen MR) is 86.4 cm³/mol. The second-order valence-electron chi connectivity index (χ2n) is 8.05. The first-order valence-electron chi connectivity index (χ1n) is 7.94. The van der Waals surface area contributed by atoms with Crippen LogP contribution in [0.5, 0.6) is 0 Å². The molecule has 0 aliphatic carbocycles. The van der Waals surface area contributed by atoms with Crippen molar-refractivity contribution < 1.29 is 18.8 Å². The summed E-state index contributed by atoms with van der Waals surface area (Å²) >= 11 is 0. The smallest absolute Gasteiger partial charge is 0.459 e. The van der Waals surface area contributed by atoms with Gasteiger partial charge in [0.2, 0.25) is 0 Å². The highest BCUT2D eigenvalue weighted by molar-refractivity contribution is 6.54. The van der Waals surface area contributed by atoms with E-state index in [-0.39, 0.29) is 17.2 Å². The molecule has 0 bridgehead atoms. The minimum absolute atomic E-state index is 0.263. The molecule has 0 spiro atoms. The molecule has 1 unspecified atom stereocenters. The number of rotatable bonds is 2. The van der Waals surface area contributed by atoms with Crippen LogP contribution in [0.25, 0.3) is 0 Å². The average molecular weight is 309 g/mol. The number of carbonyl (C=O) groups excluding carboxylic acids is 1. The lowest BCUT2D eigenvalue weighted by Crippen LogP contribution is -2.44. The second-order valence-corrected chi connectivity index (χ2v) is 8.05. The summed E-state index contributed by atoms with van der Waals surface area (Å²) in [7, 11) is -0.392. The van der Waals surface area contributed by atoms with E-state index in [1.807, 2.05) is 54.5 Å². The van der Waals surface area contributed by atoms with Crippen molar-refractivity contribution >= 4 is 13.1 Å². The van der Waals surface area contributed by atoms with Crippen molar-refractivity contribution in [2.75, 3.05) is 6.54 Å². The van der Waals surface area contributed by atoms with Crippen LogP contribution in [0.1, 0.15) is 54.9 Å². The summed E-state index contributed by atoms with van der Waals surface area (Å²) in [4.78, 5) is 12.2. The van der Waals surface area contributed by atoms with Gasteiger partial charge in [-0.15, -0.1) is 0 Å². The van der Waals surface area contributed by atoms with Gasteiger partial charge in [0, 0.05) is 0 Å². The maximum Gasteiger partial charge on any atom is 0.490 e. The molecule has 1 N–H and O–H groups in total. The van der Waals surface area contributed by atoms with Crippen LogP contribution in [-0.4, -0.2) is 42.5 Å². The molecule has 2 aliphatic heterocycles. The Balaban J connectivity index is 2.11. The molecule has 0 aromatic carbocycles. The third-order valence-electron chi connectivity index (χ3n) is 4.38. The van der Waals surface area contributed by atoms with Crippen LogP contribution in [0.4, 0.5) is 0 Å². The molecule has 22 heavy (non-hydrogen) atoms. The summed E-state index contributed by atoms with van der Waals surface area (Å²) in [6.45, 7) is 14.4. The van der Waals surface area contributed by atoms with Gasteiger partial charge >= 0.3 is 13.1 Å². The highest BCUT2D eigenvalue weighted by atomic mass is 16.7. The van der Waals surface area contributed by atoms with Gasteiger partial charge in [0.25, 0.3) is 0 Å². The predicted octanol–water partition coefficient (Wildman–Crippen LogP) is 2.25. The summed E-state index contributed by atoms with van der Waals surface area (Å²) in [6.07, 6.45) is 2.69. The molecule has 0 aromatic heterocycles. The minimum atomic E-state index is -0.492. The Morgan fingerprint density at radius 1 is 1.27 bits per heavy atom. The summed E-state index contributed by atoms with van der Waals surface area (Å²) in [5, 5.41) is 3.17. The number of carbonyl (C=O) groups is 1. The number of hydrogen-bond acceptors (Lipinski definition) is 5. The minimum Gasteiger partial charge on any atom is -0.459 e. The van der Waals surface area contributed by atoms with Crippen LogP contribution in [0, 0.1) is 0 Å². The van der Waals surface area contributed by atoms with Crippen LogP contribution >= 0.6 is 0 Å². The number of esters is 1. The molecule has 0 amide bonds. The maximum atomic E-state index is 12.2. The fourth-order valence-electron chi connectivity index (χ4n) is 2.44. The van der Waals surface area contributed by atoms with Crippen LogP contribution < -0.4 is 5.32 Å². The SMILES string of the molecule is CC(C)(C)OC(=O)C1C=C(B2OC(C)(C)C(C)(C)O2)CCN1. The first-order valence-corrected chi connectivity index (χ1v) is 7.94. The van der Waals surface area contributed by atoms with E-state index in [0.29, 0.717) is 6.54 Å². The van der Waals surface area contributed by atoms with Gasteiger partial charge in [0.1, 0.15) is 11.6 Å². The van der Waals surface area contributed by atoms with Gasteiger partial charge in [-0.25, -0.2) is 4.79 Å². The molecular weight excluding hydrogens is 281 g/mol. The second kappa shape index (κ2) is 5.66. The van der Waals surface area contributed by atoms with E-state index in [9.17, 15) is 4.79 Å². The molecule has 1 atom stereocenters. The van der Waals surface area contributed by atoms with E-state index in [1.54, 1.807) is 0 Å². The van der Waals surface area contributed by atoms with Gasteiger partial charge in [-0.05, 0) is 66.9 Å². The molecule has 2 rings (SSSR count). The van der Waals surface area contributed by atoms with Crippen LogP contribution in [0.3, 0.4) is 0 Å². The van der Waals surface area contributed by atoms with E-state index in [4.69, 9.17) is 14.0 Å². The zero-order valence-electron chi connectivity index (χ0n) is 14.8. The zero-order valence-corrected chi connectivity index (χ0v) is 14.8. The van der Waals surface area contributed by atoms with Crippen molar-refractivity contribution in [1.29, 1.82) is 0 Å². The first-order chi connectivity index (χ1) is 9.91. The lowest BCUT2D eigenvalue weighted by atomic mass is 9.74. The van der Waals surface area contributed by atoms with Gasteiger partial charge in [0.15, 0.2) is 0 Å². The van der Waals surface area contributed by atoms with Crippen molar-refractivity contribution in [3.05, 3.63) is 11.5 Å². The van der Waals surface area contributed by atoms with Gasteiger partial charge in [-0.1, -0.05) is 6.08 Å². The maximum absolute atomic E-state index is 12.2. The van der Waals surface area contributed by atoms with Crippen molar-refractivity contribution in [3.8, 4) is 0 Å². The van der Waals surface area contributed by atoms with Crippen LogP contribution in [-0.2, 0) is 18.8 Å². The highest BCUT2D eigenvalue weighted by Crippen LogP contribution is 2.39. The molecule has 0 radical (unpaired) electrons. The lowest BCUT2D eigenvalue weighted by molar-refractivity contribution is -0.156. The van der Waals surface area contributed by atoms with Crippen molar-refractivity contribution in [1.82, 2.24) is 5.32 Å². The topological polar surface area (TPSA) is 56.8 Å². The monoisotopic (exact) mass is 309 g/mol. The molecule has 0 aromatic rings. The van der Waals surface area contributed by atoms with E-state index in [1.165, 1.54) is 0 Å². The van der Waals surface area contributed by atoms with Crippen molar-refractivity contribution in [2.24, 2.45) is 0 Å². The van der Waals surface area contributed by atoms with Crippen molar-refractivity contribution in [3.63, 3.8) is 0 Å². The van der Waals surface area contributed by atoms with Crippen molar-refractivity contribution in [2.45, 2.75) is 77.7 Å². The number of nitrogens with one attached hydrogen (secondary N) is 1. The van der Waals surface area contributed by atoms with Gasteiger partial charge in [-0.2, -0.15) is 0 Å². The molecule has 1 saturated heterocycles. The molecule has 2 aliphatic rings.